The number of nitrogens with zero attached hydrogens (tertiary/aromatic N) is 2. The van der Waals surface area contributed by atoms with Crippen LogP contribution in [0.25, 0.3) is 11.0 Å². The van der Waals surface area contributed by atoms with Crippen molar-refractivity contribution >= 4 is 38.6 Å². The summed E-state index contributed by atoms with van der Waals surface area (Å²) >= 11 is 3.29. The van der Waals surface area contributed by atoms with Gasteiger partial charge in [-0.1, -0.05) is 0 Å². The molecule has 0 aliphatic rings. The summed E-state index contributed by atoms with van der Waals surface area (Å²) in [5.41, 5.74) is 11.7. The minimum atomic E-state index is 0.422. The van der Waals surface area contributed by atoms with E-state index in [4.69, 9.17) is 11.5 Å². The van der Waals surface area contributed by atoms with E-state index >= 15 is 0 Å². The van der Waals surface area contributed by atoms with Crippen LogP contribution < -0.4 is 11.5 Å². The Balaban J connectivity index is 2.81. The lowest BCUT2D eigenvalue weighted by Crippen LogP contribution is -1.96. The Morgan fingerprint density at radius 3 is 2.69 bits per heavy atom. The molecule has 13 heavy (non-hydrogen) atoms. The molecule has 0 bridgehead atoms. The highest BCUT2D eigenvalue weighted by molar-refractivity contribution is 9.10. The van der Waals surface area contributed by atoms with Crippen molar-refractivity contribution in [1.29, 1.82) is 0 Å². The minimum Gasteiger partial charge on any atom is -0.384 e. The van der Waals surface area contributed by atoms with E-state index in [0.717, 1.165) is 9.86 Å². The Labute approximate surface area is 83.1 Å². The second-order valence-electron chi connectivity index (χ2n) is 2.64. The molecule has 0 fully saturated rings. The molecule has 0 radical (unpaired) electrons. The highest BCUT2D eigenvalue weighted by Crippen LogP contribution is 2.22. The van der Waals surface area contributed by atoms with Crippen LogP contribution in [0.4, 0.5) is 11.6 Å². The molecule has 5 heteroatoms. The summed E-state index contributed by atoms with van der Waals surface area (Å²) in [6.45, 7) is 0. The molecule has 0 aromatic carbocycles. The average Bonchev–Trinajstić information content (AvgIpc) is 2.08. The number of nitrogen functional groups attached to an aromatic ring is 2. The first-order valence-electron chi connectivity index (χ1n) is 3.65. The Bertz CT molecular complexity index is 469. The number of fused-ring (bicyclic) bond motifs is 1. The molecule has 0 unspecified atom stereocenters. The minimum absolute atomic E-state index is 0.422. The second-order valence-corrected chi connectivity index (χ2v) is 3.49. The van der Waals surface area contributed by atoms with E-state index in [1.165, 1.54) is 0 Å². The molecular weight excluding hydrogens is 232 g/mol. The van der Waals surface area contributed by atoms with E-state index in [-0.39, 0.29) is 0 Å². The summed E-state index contributed by atoms with van der Waals surface area (Å²) in [6.07, 6.45) is 0. The molecule has 2 aromatic heterocycles. The van der Waals surface area contributed by atoms with Gasteiger partial charge in [0.15, 0.2) is 5.65 Å². The smallest absolute Gasteiger partial charge is 0.163 e. The molecular formula is C8H7BrN4. The summed E-state index contributed by atoms with van der Waals surface area (Å²) in [5, 5.41) is 0.912. The second kappa shape index (κ2) is 2.85. The summed E-state index contributed by atoms with van der Waals surface area (Å²) in [6, 6.07) is 5.45. The number of aromatic nitrogens is 2. The number of halogens is 1. The van der Waals surface area contributed by atoms with E-state index in [9.17, 15) is 0 Å². The van der Waals surface area contributed by atoms with E-state index in [1.54, 1.807) is 6.07 Å². The van der Waals surface area contributed by atoms with Crippen molar-refractivity contribution < 1.29 is 0 Å². The van der Waals surface area contributed by atoms with Gasteiger partial charge in [0, 0.05) is 5.39 Å². The third-order valence-corrected chi connectivity index (χ3v) is 2.32. The van der Waals surface area contributed by atoms with Gasteiger partial charge in [-0.3, -0.25) is 0 Å². The average molecular weight is 239 g/mol. The van der Waals surface area contributed by atoms with Gasteiger partial charge in [0.1, 0.15) is 11.6 Å². The number of rotatable bonds is 0. The van der Waals surface area contributed by atoms with E-state index in [2.05, 4.69) is 25.9 Å². The largest absolute Gasteiger partial charge is 0.384 e. The molecule has 0 aliphatic heterocycles. The number of hydrogen-bond donors (Lipinski definition) is 2. The van der Waals surface area contributed by atoms with Gasteiger partial charge in [0.25, 0.3) is 0 Å². The van der Waals surface area contributed by atoms with E-state index in [0.29, 0.717) is 17.3 Å². The third-order valence-electron chi connectivity index (χ3n) is 1.68. The third kappa shape index (κ3) is 1.42. The van der Waals surface area contributed by atoms with Gasteiger partial charge in [-0.05, 0) is 34.1 Å². The van der Waals surface area contributed by atoms with Gasteiger partial charge in [0.05, 0.1) is 4.47 Å². The Hall–Kier alpha value is -1.36. The SMILES string of the molecule is Nc1ccc2cc(Br)c(N)nc2n1. The number of pyridine rings is 2. The molecule has 0 spiro atoms. The van der Waals surface area contributed by atoms with Gasteiger partial charge in [0.2, 0.25) is 0 Å². The predicted octanol–water partition coefficient (Wildman–Crippen LogP) is 1.56. The van der Waals surface area contributed by atoms with Crippen LogP contribution >= 0.6 is 15.9 Å². The van der Waals surface area contributed by atoms with Gasteiger partial charge < -0.3 is 11.5 Å². The normalized spacial score (nSPS) is 10.5. The number of hydrogen-bond acceptors (Lipinski definition) is 4. The molecule has 0 saturated heterocycles. The van der Waals surface area contributed by atoms with Crippen molar-refractivity contribution in [2.75, 3.05) is 11.5 Å². The van der Waals surface area contributed by atoms with Crippen molar-refractivity contribution in [2.24, 2.45) is 0 Å². The van der Waals surface area contributed by atoms with Crippen molar-refractivity contribution in [2.45, 2.75) is 0 Å². The Morgan fingerprint density at radius 1 is 1.15 bits per heavy atom. The van der Waals surface area contributed by atoms with Crippen molar-refractivity contribution in [1.82, 2.24) is 9.97 Å². The van der Waals surface area contributed by atoms with Crippen LogP contribution in [0.1, 0.15) is 0 Å². The van der Waals surface area contributed by atoms with Crippen LogP contribution in [0.2, 0.25) is 0 Å². The summed E-state index contributed by atoms with van der Waals surface area (Å²) in [7, 11) is 0. The van der Waals surface area contributed by atoms with Crippen LogP contribution in [-0.4, -0.2) is 9.97 Å². The number of nitrogens with two attached hydrogens (primary N) is 2. The van der Waals surface area contributed by atoms with Gasteiger partial charge in [-0.15, -0.1) is 0 Å². The molecule has 0 aliphatic carbocycles. The van der Waals surface area contributed by atoms with E-state index in [1.807, 2.05) is 12.1 Å². The molecule has 2 aromatic rings. The van der Waals surface area contributed by atoms with Gasteiger partial charge in [-0.25, -0.2) is 9.97 Å². The first-order chi connectivity index (χ1) is 6.16. The van der Waals surface area contributed by atoms with Crippen molar-refractivity contribution in [3.63, 3.8) is 0 Å². The summed E-state index contributed by atoms with van der Waals surface area (Å²) in [5.74, 6) is 0.868. The monoisotopic (exact) mass is 238 g/mol. The van der Waals surface area contributed by atoms with Gasteiger partial charge >= 0.3 is 0 Å². The first kappa shape index (κ1) is 8.25. The molecule has 0 atom stereocenters. The quantitative estimate of drug-likeness (QED) is 0.731. The maximum atomic E-state index is 5.60. The fraction of sp³-hybridized carbons (Fsp3) is 0. The fourth-order valence-electron chi connectivity index (χ4n) is 1.05. The van der Waals surface area contributed by atoms with E-state index < -0.39 is 0 Å². The van der Waals surface area contributed by atoms with Gasteiger partial charge in [-0.2, -0.15) is 0 Å². The van der Waals surface area contributed by atoms with Crippen LogP contribution in [0.3, 0.4) is 0 Å². The van der Waals surface area contributed by atoms with Crippen LogP contribution in [0.5, 0.6) is 0 Å². The Morgan fingerprint density at radius 2 is 1.92 bits per heavy atom. The summed E-state index contributed by atoms with van der Waals surface area (Å²) < 4.78 is 0.770. The zero-order valence-corrected chi connectivity index (χ0v) is 8.25. The lowest BCUT2D eigenvalue weighted by molar-refractivity contribution is 1.29. The van der Waals surface area contributed by atoms with Crippen LogP contribution in [-0.2, 0) is 0 Å². The molecule has 2 heterocycles. The zero-order valence-electron chi connectivity index (χ0n) is 6.66. The molecule has 0 amide bonds. The van der Waals surface area contributed by atoms with Crippen molar-refractivity contribution in [3.05, 3.63) is 22.7 Å². The van der Waals surface area contributed by atoms with Crippen LogP contribution in [0.15, 0.2) is 22.7 Å². The highest BCUT2D eigenvalue weighted by atomic mass is 79.9. The standard InChI is InChI=1S/C8H7BrN4/c9-5-3-4-1-2-6(10)12-8(4)13-7(5)11/h1-3H,(H4,10,11,12,13). The topological polar surface area (TPSA) is 77.8 Å². The molecule has 4 nitrogen and oxygen atoms in total. The zero-order chi connectivity index (χ0) is 9.42. The first-order valence-corrected chi connectivity index (χ1v) is 4.44. The lowest BCUT2D eigenvalue weighted by atomic mass is 10.3. The maximum Gasteiger partial charge on any atom is 0.163 e. The molecule has 0 saturated carbocycles. The number of anilines is 2. The Kier molecular flexibility index (Phi) is 1.81. The maximum absolute atomic E-state index is 5.60. The van der Waals surface area contributed by atoms with Crippen molar-refractivity contribution in [3.8, 4) is 0 Å². The molecule has 66 valence electrons. The predicted molar refractivity (Wildman–Crippen MR) is 56.1 cm³/mol. The fourth-order valence-corrected chi connectivity index (χ4v) is 1.39. The molecule has 2 rings (SSSR count). The highest BCUT2D eigenvalue weighted by Gasteiger charge is 2.01. The molecule has 4 N–H and O–H groups in total. The lowest BCUT2D eigenvalue weighted by Gasteiger charge is -2.00. The summed E-state index contributed by atoms with van der Waals surface area (Å²) in [4.78, 5) is 8.12. The van der Waals surface area contributed by atoms with Crippen LogP contribution in [0, 0.1) is 0 Å².